The van der Waals surface area contributed by atoms with Crippen LogP contribution in [0.25, 0.3) is 0 Å². The topological polar surface area (TPSA) is 65.0 Å². The molecule has 0 N–H and O–H groups in total. The fraction of sp³-hybridized carbons (Fsp3) is 0.700. The fourth-order valence-corrected chi connectivity index (χ4v) is 1.32. The number of hydrogen-bond donors (Lipinski definition) is 0. The third-order valence-corrected chi connectivity index (χ3v) is 2.08. The predicted octanol–water partition coefficient (Wildman–Crippen LogP) is 1.77. The van der Waals surface area contributed by atoms with E-state index < -0.39 is 5.91 Å². The minimum Gasteiger partial charge on any atom is -0.353 e. The van der Waals surface area contributed by atoms with E-state index in [0.29, 0.717) is 13.0 Å². The van der Waals surface area contributed by atoms with Crippen molar-refractivity contribution in [1.82, 2.24) is 0 Å². The zero-order valence-electron chi connectivity index (χ0n) is 8.55. The summed E-state index contributed by atoms with van der Waals surface area (Å²) in [6.45, 7) is 1.25. The second kappa shape index (κ2) is 7.25. The Kier molecular flexibility index (Phi) is 5.80. The van der Waals surface area contributed by atoms with Gasteiger partial charge in [0.2, 0.25) is 0 Å². The average molecular weight is 213 g/mol. The molecule has 5 heteroatoms. The Morgan fingerprint density at radius 3 is 3.07 bits per heavy atom. The first-order valence-corrected chi connectivity index (χ1v) is 5.10. The third-order valence-electron chi connectivity index (χ3n) is 2.08. The molecule has 1 amide bonds. The van der Waals surface area contributed by atoms with Gasteiger partial charge >= 0.3 is 5.91 Å². The van der Waals surface area contributed by atoms with Crippen LogP contribution >= 0.6 is 0 Å². The SMILES string of the molecule is O=NC(=O)/C=C/CCOC1CCCCO1. The lowest BCUT2D eigenvalue weighted by molar-refractivity contribution is -0.161. The predicted molar refractivity (Wildman–Crippen MR) is 54.1 cm³/mol. The molecule has 0 radical (unpaired) electrons. The van der Waals surface area contributed by atoms with Gasteiger partial charge in [-0.1, -0.05) is 6.08 Å². The highest BCUT2D eigenvalue weighted by molar-refractivity contribution is 5.87. The van der Waals surface area contributed by atoms with Gasteiger partial charge in [0.05, 0.1) is 6.61 Å². The van der Waals surface area contributed by atoms with Crippen LogP contribution in [0.4, 0.5) is 0 Å². The van der Waals surface area contributed by atoms with E-state index in [-0.39, 0.29) is 6.29 Å². The molecule has 1 heterocycles. The summed E-state index contributed by atoms with van der Waals surface area (Å²) in [6.07, 6.45) is 6.37. The molecule has 0 bridgehead atoms. The zero-order chi connectivity index (χ0) is 10.9. The molecule has 0 aromatic carbocycles. The Hall–Kier alpha value is -1.07. The Bertz CT molecular complexity index is 234. The molecule has 0 aromatic heterocycles. The molecule has 1 rings (SSSR count). The van der Waals surface area contributed by atoms with Crippen LogP contribution in [0.15, 0.2) is 17.3 Å². The molecule has 15 heavy (non-hydrogen) atoms. The van der Waals surface area contributed by atoms with E-state index in [1.807, 2.05) is 0 Å². The van der Waals surface area contributed by atoms with Crippen molar-refractivity contribution in [3.05, 3.63) is 17.1 Å². The second-order valence-electron chi connectivity index (χ2n) is 3.29. The monoisotopic (exact) mass is 213 g/mol. The van der Waals surface area contributed by atoms with Crippen molar-refractivity contribution >= 4 is 5.91 Å². The van der Waals surface area contributed by atoms with Gasteiger partial charge in [-0.3, -0.25) is 4.79 Å². The van der Waals surface area contributed by atoms with Gasteiger partial charge in [-0.15, -0.1) is 4.91 Å². The zero-order valence-corrected chi connectivity index (χ0v) is 8.55. The first-order valence-electron chi connectivity index (χ1n) is 5.10. The summed E-state index contributed by atoms with van der Waals surface area (Å²) in [5.74, 6) is -0.760. The maximum atomic E-state index is 10.4. The first-order chi connectivity index (χ1) is 7.33. The van der Waals surface area contributed by atoms with Gasteiger partial charge in [-0.05, 0) is 25.7 Å². The van der Waals surface area contributed by atoms with Crippen LogP contribution in [-0.4, -0.2) is 25.4 Å². The van der Waals surface area contributed by atoms with E-state index in [0.717, 1.165) is 31.9 Å². The normalized spacial score (nSPS) is 21.7. The largest absolute Gasteiger partial charge is 0.353 e. The molecule has 0 aliphatic carbocycles. The van der Waals surface area contributed by atoms with Gasteiger partial charge in [0, 0.05) is 17.9 Å². The van der Waals surface area contributed by atoms with Crippen LogP contribution in [0.3, 0.4) is 0 Å². The van der Waals surface area contributed by atoms with E-state index in [1.165, 1.54) is 0 Å². The number of hydrogen-bond acceptors (Lipinski definition) is 4. The summed E-state index contributed by atoms with van der Waals surface area (Å²) >= 11 is 0. The molecule has 1 aliphatic rings. The maximum absolute atomic E-state index is 10.4. The highest BCUT2D eigenvalue weighted by Gasteiger charge is 2.12. The number of ether oxygens (including phenoxy) is 2. The Morgan fingerprint density at radius 2 is 2.40 bits per heavy atom. The third kappa shape index (κ3) is 5.39. The Balaban J connectivity index is 2.02. The highest BCUT2D eigenvalue weighted by atomic mass is 16.7. The smallest absolute Gasteiger partial charge is 0.309 e. The lowest BCUT2D eigenvalue weighted by Gasteiger charge is -2.22. The van der Waals surface area contributed by atoms with Crippen LogP contribution in [0.1, 0.15) is 25.7 Å². The van der Waals surface area contributed by atoms with Gasteiger partial charge < -0.3 is 9.47 Å². The lowest BCUT2D eigenvalue weighted by atomic mass is 10.2. The fourth-order valence-electron chi connectivity index (χ4n) is 1.32. The van der Waals surface area contributed by atoms with E-state index in [2.05, 4.69) is 5.18 Å². The second-order valence-corrected chi connectivity index (χ2v) is 3.29. The summed E-state index contributed by atoms with van der Waals surface area (Å²) in [4.78, 5) is 20.2. The summed E-state index contributed by atoms with van der Waals surface area (Å²) in [7, 11) is 0. The summed E-state index contributed by atoms with van der Waals surface area (Å²) in [6, 6.07) is 0. The minimum absolute atomic E-state index is 0.105. The Labute approximate surface area is 88.4 Å². The van der Waals surface area contributed by atoms with Crippen LogP contribution in [0.5, 0.6) is 0 Å². The minimum atomic E-state index is -0.760. The number of rotatable bonds is 5. The number of nitrogens with zero attached hydrogens (tertiary/aromatic N) is 1. The average Bonchev–Trinajstić information content (AvgIpc) is 2.29. The summed E-state index contributed by atoms with van der Waals surface area (Å²) in [5, 5.41) is 2.23. The van der Waals surface area contributed by atoms with Gasteiger partial charge in [0.1, 0.15) is 0 Å². The van der Waals surface area contributed by atoms with Crippen LogP contribution in [0, 0.1) is 4.91 Å². The van der Waals surface area contributed by atoms with Crippen molar-refractivity contribution in [1.29, 1.82) is 0 Å². The molecule has 1 atom stereocenters. The number of carbonyl (C=O) groups excluding carboxylic acids is 1. The van der Waals surface area contributed by atoms with Gasteiger partial charge in [0.15, 0.2) is 6.29 Å². The molecule has 1 saturated heterocycles. The summed E-state index contributed by atoms with van der Waals surface area (Å²) in [5.41, 5.74) is 0. The molecule has 84 valence electrons. The van der Waals surface area contributed by atoms with Crippen LogP contribution in [-0.2, 0) is 14.3 Å². The maximum Gasteiger partial charge on any atom is 0.309 e. The molecular weight excluding hydrogens is 198 g/mol. The molecule has 0 saturated carbocycles. The highest BCUT2D eigenvalue weighted by Crippen LogP contribution is 2.13. The molecule has 1 unspecified atom stereocenters. The van der Waals surface area contributed by atoms with Crippen molar-refractivity contribution in [2.45, 2.75) is 32.0 Å². The molecular formula is C10H15NO4. The van der Waals surface area contributed by atoms with E-state index in [9.17, 15) is 9.70 Å². The number of amides is 1. The standard InChI is InChI=1S/C10H15NO4/c12-9(11-13)5-1-3-7-14-10-6-2-4-8-15-10/h1,5,10H,2-4,6-8H2/b5-1+. The van der Waals surface area contributed by atoms with Crippen molar-refractivity contribution in [2.24, 2.45) is 5.18 Å². The Morgan fingerprint density at radius 1 is 1.53 bits per heavy atom. The van der Waals surface area contributed by atoms with Crippen molar-refractivity contribution in [3.63, 3.8) is 0 Å². The van der Waals surface area contributed by atoms with E-state index in [1.54, 1.807) is 6.08 Å². The number of carbonyl (C=O) groups is 1. The molecule has 0 aromatic rings. The first kappa shape index (κ1) is 12.0. The van der Waals surface area contributed by atoms with Gasteiger partial charge in [-0.2, -0.15) is 0 Å². The van der Waals surface area contributed by atoms with Crippen LogP contribution in [0.2, 0.25) is 0 Å². The molecule has 1 aliphatic heterocycles. The van der Waals surface area contributed by atoms with Crippen molar-refractivity contribution in [2.75, 3.05) is 13.2 Å². The van der Waals surface area contributed by atoms with Gasteiger partial charge in [-0.25, -0.2) is 0 Å². The van der Waals surface area contributed by atoms with Crippen molar-refractivity contribution in [3.8, 4) is 0 Å². The van der Waals surface area contributed by atoms with E-state index >= 15 is 0 Å². The quantitative estimate of drug-likeness (QED) is 0.396. The molecule has 1 fully saturated rings. The summed E-state index contributed by atoms with van der Waals surface area (Å²) < 4.78 is 10.7. The lowest BCUT2D eigenvalue weighted by Crippen LogP contribution is -2.22. The van der Waals surface area contributed by atoms with Crippen molar-refractivity contribution < 1.29 is 14.3 Å². The molecule has 5 nitrogen and oxygen atoms in total. The van der Waals surface area contributed by atoms with Crippen LogP contribution < -0.4 is 0 Å². The van der Waals surface area contributed by atoms with Gasteiger partial charge in [0.25, 0.3) is 0 Å². The van der Waals surface area contributed by atoms with E-state index in [4.69, 9.17) is 9.47 Å². The number of nitroso groups, excluding NO2 is 1. The molecule has 0 spiro atoms.